The number of esters is 1. The minimum absolute atomic E-state index is 0.153. The fraction of sp³-hybridized carbons (Fsp3) is 0.364. The first-order valence-corrected chi connectivity index (χ1v) is 6.54. The first-order chi connectivity index (χ1) is 7.99. The lowest BCUT2D eigenvalue weighted by Crippen LogP contribution is -2.30. The monoisotopic (exact) mass is 366 g/mol. The van der Waals surface area contributed by atoms with E-state index in [0.717, 1.165) is 0 Å². The Morgan fingerprint density at radius 2 is 1.88 bits per heavy atom. The Morgan fingerprint density at radius 1 is 1.35 bits per heavy atom. The third-order valence-electron chi connectivity index (χ3n) is 2.12. The van der Waals surface area contributed by atoms with Gasteiger partial charge in [0.05, 0.1) is 6.61 Å². The molecule has 17 heavy (non-hydrogen) atoms. The Balaban J connectivity index is 2.96. The first kappa shape index (κ1) is 14.6. The summed E-state index contributed by atoms with van der Waals surface area (Å²) < 4.78 is 5.85. The van der Waals surface area contributed by atoms with E-state index < -0.39 is 18.2 Å². The number of halogens is 2. The molecule has 4 nitrogen and oxygen atoms in total. The molecule has 6 heteroatoms. The fourth-order valence-corrected chi connectivity index (χ4v) is 2.78. The highest BCUT2D eigenvalue weighted by molar-refractivity contribution is 9.11. The van der Waals surface area contributed by atoms with Crippen molar-refractivity contribution < 1.29 is 19.7 Å². The zero-order chi connectivity index (χ0) is 13.0. The van der Waals surface area contributed by atoms with Gasteiger partial charge in [-0.3, -0.25) is 0 Å². The quantitative estimate of drug-likeness (QED) is 0.800. The lowest BCUT2D eigenvalue weighted by Gasteiger charge is -2.19. The lowest BCUT2D eigenvalue weighted by atomic mass is 10.0. The summed E-state index contributed by atoms with van der Waals surface area (Å²) in [7, 11) is 0. The van der Waals surface area contributed by atoms with Crippen LogP contribution in [0, 0.1) is 0 Å². The molecule has 0 saturated heterocycles. The fourth-order valence-electron chi connectivity index (χ4n) is 1.31. The second-order valence-corrected chi connectivity index (χ2v) is 4.99. The Bertz CT molecular complexity index is 388. The van der Waals surface area contributed by atoms with E-state index in [4.69, 9.17) is 0 Å². The van der Waals surface area contributed by atoms with Crippen LogP contribution in [0.1, 0.15) is 18.6 Å². The van der Waals surface area contributed by atoms with Crippen molar-refractivity contribution in [2.24, 2.45) is 0 Å². The number of aliphatic hydroxyl groups is 2. The Kier molecular flexibility index (Phi) is 5.58. The molecule has 0 saturated carbocycles. The van der Waals surface area contributed by atoms with Crippen molar-refractivity contribution in [3.05, 3.63) is 32.7 Å². The normalized spacial score (nSPS) is 14.2. The van der Waals surface area contributed by atoms with Crippen LogP contribution in [0.5, 0.6) is 0 Å². The molecule has 0 bridgehead atoms. The van der Waals surface area contributed by atoms with Gasteiger partial charge in [0.2, 0.25) is 0 Å². The summed E-state index contributed by atoms with van der Waals surface area (Å²) in [5.74, 6) is -0.845. The molecule has 0 heterocycles. The molecule has 2 atom stereocenters. The molecule has 0 fully saturated rings. The maximum atomic E-state index is 11.3. The third kappa shape index (κ3) is 3.51. The predicted molar refractivity (Wildman–Crippen MR) is 69.4 cm³/mol. The lowest BCUT2D eigenvalue weighted by molar-refractivity contribution is -0.159. The largest absolute Gasteiger partial charge is 0.464 e. The second-order valence-electron chi connectivity index (χ2n) is 3.28. The van der Waals surface area contributed by atoms with E-state index in [9.17, 15) is 15.0 Å². The van der Waals surface area contributed by atoms with E-state index in [1.807, 2.05) is 0 Å². The van der Waals surface area contributed by atoms with Crippen LogP contribution in [0.25, 0.3) is 0 Å². The molecule has 0 aliphatic heterocycles. The van der Waals surface area contributed by atoms with Gasteiger partial charge in [0, 0.05) is 14.5 Å². The zero-order valence-electron chi connectivity index (χ0n) is 9.06. The minimum atomic E-state index is -1.61. The van der Waals surface area contributed by atoms with Crippen LogP contribution >= 0.6 is 31.9 Å². The predicted octanol–water partition coefficient (Wildman–Crippen LogP) is 2.17. The van der Waals surface area contributed by atoms with Gasteiger partial charge in [-0.15, -0.1) is 0 Å². The van der Waals surface area contributed by atoms with Crippen molar-refractivity contribution >= 4 is 37.8 Å². The summed E-state index contributed by atoms with van der Waals surface area (Å²) in [4.78, 5) is 11.3. The summed E-state index contributed by atoms with van der Waals surface area (Å²) in [5.41, 5.74) is 0.410. The Morgan fingerprint density at radius 3 is 2.35 bits per heavy atom. The van der Waals surface area contributed by atoms with Gasteiger partial charge in [-0.25, -0.2) is 4.79 Å². The van der Waals surface area contributed by atoms with Gasteiger partial charge in [-0.05, 0) is 19.1 Å². The first-order valence-electron chi connectivity index (χ1n) is 4.95. The molecule has 0 spiro atoms. The van der Waals surface area contributed by atoms with Gasteiger partial charge in [-0.2, -0.15) is 0 Å². The van der Waals surface area contributed by atoms with E-state index in [1.165, 1.54) is 0 Å². The maximum Gasteiger partial charge on any atom is 0.338 e. The van der Waals surface area contributed by atoms with Gasteiger partial charge < -0.3 is 14.9 Å². The molecular weight excluding hydrogens is 356 g/mol. The summed E-state index contributed by atoms with van der Waals surface area (Å²) in [6.45, 7) is 1.78. The summed E-state index contributed by atoms with van der Waals surface area (Å²) in [6.07, 6.45) is -2.95. The second kappa shape index (κ2) is 6.49. The number of carbonyl (C=O) groups is 1. The van der Waals surface area contributed by atoms with Crippen LogP contribution in [0.2, 0.25) is 0 Å². The van der Waals surface area contributed by atoms with E-state index in [-0.39, 0.29) is 6.61 Å². The smallest absolute Gasteiger partial charge is 0.338 e. The van der Waals surface area contributed by atoms with E-state index >= 15 is 0 Å². The standard InChI is InChI=1S/C11H12Br2O4/c1-2-17-11(16)10(15)9(14)8-6(12)4-3-5-7(8)13/h3-5,9-10,14-15H,2H2,1H3. The number of carbonyl (C=O) groups excluding carboxylic acids is 1. The van der Waals surface area contributed by atoms with Gasteiger partial charge in [0.15, 0.2) is 6.10 Å². The van der Waals surface area contributed by atoms with Crippen LogP contribution in [0.15, 0.2) is 27.1 Å². The molecule has 2 unspecified atom stereocenters. The van der Waals surface area contributed by atoms with Crippen molar-refractivity contribution in [2.45, 2.75) is 19.1 Å². The van der Waals surface area contributed by atoms with E-state index in [2.05, 4.69) is 36.6 Å². The van der Waals surface area contributed by atoms with Crippen molar-refractivity contribution in [1.29, 1.82) is 0 Å². The Hall–Kier alpha value is -0.430. The molecule has 1 aromatic rings. The molecule has 0 aliphatic carbocycles. The van der Waals surface area contributed by atoms with Crippen LogP contribution in [-0.4, -0.2) is 28.9 Å². The highest BCUT2D eigenvalue weighted by Gasteiger charge is 2.29. The van der Waals surface area contributed by atoms with Crippen LogP contribution in [0.3, 0.4) is 0 Å². The van der Waals surface area contributed by atoms with Gasteiger partial charge >= 0.3 is 5.97 Å². The van der Waals surface area contributed by atoms with Crippen molar-refractivity contribution in [2.75, 3.05) is 6.61 Å². The van der Waals surface area contributed by atoms with Crippen LogP contribution < -0.4 is 0 Å². The van der Waals surface area contributed by atoms with E-state index in [0.29, 0.717) is 14.5 Å². The third-order valence-corrected chi connectivity index (χ3v) is 3.51. The Labute approximate surface area is 116 Å². The number of rotatable bonds is 4. The molecule has 0 aliphatic rings. The topological polar surface area (TPSA) is 66.8 Å². The number of benzene rings is 1. The molecule has 0 amide bonds. The van der Waals surface area contributed by atoms with Gasteiger partial charge in [-0.1, -0.05) is 37.9 Å². The summed E-state index contributed by atoms with van der Waals surface area (Å²) in [6, 6.07) is 5.18. The number of hydrogen-bond donors (Lipinski definition) is 2. The SMILES string of the molecule is CCOC(=O)C(O)C(O)c1c(Br)cccc1Br. The number of ether oxygens (including phenoxy) is 1. The molecule has 0 aromatic heterocycles. The molecule has 94 valence electrons. The molecular formula is C11H12Br2O4. The molecule has 0 radical (unpaired) electrons. The average molecular weight is 368 g/mol. The zero-order valence-corrected chi connectivity index (χ0v) is 12.2. The molecule has 2 N–H and O–H groups in total. The average Bonchev–Trinajstić information content (AvgIpc) is 2.27. The minimum Gasteiger partial charge on any atom is -0.464 e. The van der Waals surface area contributed by atoms with Crippen molar-refractivity contribution in [3.8, 4) is 0 Å². The van der Waals surface area contributed by atoms with Crippen molar-refractivity contribution in [1.82, 2.24) is 0 Å². The van der Waals surface area contributed by atoms with E-state index in [1.54, 1.807) is 25.1 Å². The van der Waals surface area contributed by atoms with Crippen LogP contribution in [0.4, 0.5) is 0 Å². The number of hydrogen-bond acceptors (Lipinski definition) is 4. The molecule has 1 aromatic carbocycles. The highest BCUT2D eigenvalue weighted by Crippen LogP contribution is 2.32. The van der Waals surface area contributed by atoms with Crippen molar-refractivity contribution in [3.63, 3.8) is 0 Å². The number of aliphatic hydroxyl groups excluding tert-OH is 2. The summed E-state index contributed by atoms with van der Waals surface area (Å²) >= 11 is 6.50. The van der Waals surface area contributed by atoms with Gasteiger partial charge in [0.1, 0.15) is 6.10 Å². The maximum absolute atomic E-state index is 11.3. The van der Waals surface area contributed by atoms with Crippen LogP contribution in [-0.2, 0) is 9.53 Å². The van der Waals surface area contributed by atoms with Gasteiger partial charge in [0.25, 0.3) is 0 Å². The molecule has 1 rings (SSSR count). The summed E-state index contributed by atoms with van der Waals surface area (Å²) in [5, 5.41) is 19.6. The highest BCUT2D eigenvalue weighted by atomic mass is 79.9.